The summed E-state index contributed by atoms with van der Waals surface area (Å²) in [7, 11) is 0. The van der Waals surface area contributed by atoms with Gasteiger partial charge in [-0.3, -0.25) is 9.69 Å². The Morgan fingerprint density at radius 3 is 2.76 bits per heavy atom. The Labute approximate surface area is 140 Å². The zero-order valence-electron chi connectivity index (χ0n) is 12.4. The van der Waals surface area contributed by atoms with Gasteiger partial charge >= 0.3 is 0 Å². The predicted molar refractivity (Wildman–Crippen MR) is 94.6 cm³/mol. The summed E-state index contributed by atoms with van der Waals surface area (Å²) >= 11 is 2.28. The average molecular weight is 395 g/mol. The summed E-state index contributed by atoms with van der Waals surface area (Å²) in [6.45, 7) is 2.77. The van der Waals surface area contributed by atoms with Gasteiger partial charge in [-0.15, -0.1) is 0 Å². The maximum atomic E-state index is 12.3. The first-order valence-corrected chi connectivity index (χ1v) is 9.03. The number of benzene rings is 1. The standard InChI is InChI=1S/C18H22INO/c1-13(21)18-16(14-6-3-2-4-7-14)12-15-8-9-17(18)20(15)11-5-10-19/h2-7,10,15-18H,8-9,11-12H2,1H3/b10-5+/t15?,16?,17?,18-/m1/s1. The molecule has 0 amide bonds. The van der Waals surface area contributed by atoms with E-state index in [1.807, 2.05) is 0 Å². The molecular weight excluding hydrogens is 373 g/mol. The molecule has 3 rings (SSSR count). The number of ketones is 1. The van der Waals surface area contributed by atoms with Gasteiger partial charge in [-0.05, 0) is 41.8 Å². The van der Waals surface area contributed by atoms with E-state index in [0.717, 1.165) is 13.0 Å². The van der Waals surface area contributed by atoms with Crippen LogP contribution in [0.5, 0.6) is 0 Å². The van der Waals surface area contributed by atoms with Crippen molar-refractivity contribution in [2.75, 3.05) is 6.54 Å². The second-order valence-electron chi connectivity index (χ2n) is 6.25. The van der Waals surface area contributed by atoms with E-state index < -0.39 is 0 Å². The Bertz CT molecular complexity index is 527. The van der Waals surface area contributed by atoms with Crippen LogP contribution < -0.4 is 0 Å². The smallest absolute Gasteiger partial charge is 0.135 e. The zero-order valence-corrected chi connectivity index (χ0v) is 14.6. The highest BCUT2D eigenvalue weighted by molar-refractivity contribution is 14.1. The number of fused-ring (bicyclic) bond motifs is 2. The molecule has 4 atom stereocenters. The molecule has 2 fully saturated rings. The van der Waals surface area contributed by atoms with Crippen LogP contribution in [-0.2, 0) is 4.79 Å². The summed E-state index contributed by atoms with van der Waals surface area (Å²) < 4.78 is 2.09. The number of nitrogens with zero attached hydrogens (tertiary/aromatic N) is 1. The molecule has 0 aliphatic carbocycles. The van der Waals surface area contributed by atoms with Crippen molar-refractivity contribution >= 4 is 28.4 Å². The minimum atomic E-state index is 0.161. The third kappa shape index (κ3) is 2.95. The number of piperidine rings is 1. The molecule has 0 N–H and O–H groups in total. The van der Waals surface area contributed by atoms with Crippen molar-refractivity contribution in [1.82, 2.24) is 4.90 Å². The minimum absolute atomic E-state index is 0.161. The highest BCUT2D eigenvalue weighted by Crippen LogP contribution is 2.47. The fourth-order valence-corrected chi connectivity index (χ4v) is 4.58. The maximum absolute atomic E-state index is 12.3. The summed E-state index contributed by atoms with van der Waals surface area (Å²) in [5.74, 6) is 0.924. The van der Waals surface area contributed by atoms with E-state index in [0.29, 0.717) is 23.8 Å². The summed E-state index contributed by atoms with van der Waals surface area (Å²) in [4.78, 5) is 14.9. The van der Waals surface area contributed by atoms with Crippen LogP contribution in [0.25, 0.3) is 0 Å². The van der Waals surface area contributed by atoms with Gasteiger partial charge in [0.1, 0.15) is 5.78 Å². The molecule has 1 aromatic carbocycles. The topological polar surface area (TPSA) is 20.3 Å². The molecule has 3 unspecified atom stereocenters. The fourth-order valence-electron chi connectivity index (χ4n) is 4.36. The van der Waals surface area contributed by atoms with Gasteiger partial charge in [0, 0.05) is 24.5 Å². The SMILES string of the molecule is CC(=O)[C@@H]1C(c2ccccc2)CC2CCC1N2C/C=C/I. The number of rotatable bonds is 4. The van der Waals surface area contributed by atoms with Crippen molar-refractivity contribution in [2.45, 2.75) is 44.2 Å². The van der Waals surface area contributed by atoms with Crippen LogP contribution >= 0.6 is 22.6 Å². The van der Waals surface area contributed by atoms with Gasteiger partial charge in [-0.1, -0.05) is 59.0 Å². The molecule has 1 aromatic rings. The number of carbonyl (C=O) groups excluding carboxylic acids is 1. The first kappa shape index (κ1) is 15.2. The van der Waals surface area contributed by atoms with Crippen molar-refractivity contribution in [3.05, 3.63) is 46.1 Å². The maximum Gasteiger partial charge on any atom is 0.135 e. The van der Waals surface area contributed by atoms with Gasteiger partial charge in [-0.25, -0.2) is 0 Å². The summed E-state index contributed by atoms with van der Waals surface area (Å²) in [6, 6.07) is 11.7. The van der Waals surface area contributed by atoms with E-state index in [-0.39, 0.29) is 5.92 Å². The molecule has 2 heterocycles. The lowest BCUT2D eigenvalue weighted by Gasteiger charge is -2.43. The van der Waals surface area contributed by atoms with Crippen molar-refractivity contribution in [3.8, 4) is 0 Å². The van der Waals surface area contributed by atoms with Gasteiger partial charge in [0.05, 0.1) is 0 Å². The van der Waals surface area contributed by atoms with E-state index >= 15 is 0 Å². The van der Waals surface area contributed by atoms with Gasteiger partial charge in [0.25, 0.3) is 0 Å². The lowest BCUT2D eigenvalue weighted by atomic mass is 9.74. The van der Waals surface area contributed by atoms with Crippen LogP contribution in [0.3, 0.4) is 0 Å². The molecule has 2 aliphatic heterocycles. The van der Waals surface area contributed by atoms with E-state index in [1.54, 1.807) is 6.92 Å². The molecule has 2 saturated heterocycles. The first-order valence-electron chi connectivity index (χ1n) is 7.78. The summed E-state index contributed by atoms with van der Waals surface area (Å²) in [5.41, 5.74) is 1.35. The van der Waals surface area contributed by atoms with Crippen LogP contribution in [0.2, 0.25) is 0 Å². The number of hydrogen-bond donors (Lipinski definition) is 0. The van der Waals surface area contributed by atoms with Crippen molar-refractivity contribution in [2.24, 2.45) is 5.92 Å². The van der Waals surface area contributed by atoms with Crippen LogP contribution in [0, 0.1) is 5.92 Å². The van der Waals surface area contributed by atoms with E-state index in [1.165, 1.54) is 18.4 Å². The van der Waals surface area contributed by atoms with Gasteiger partial charge in [0.2, 0.25) is 0 Å². The Balaban J connectivity index is 1.90. The third-order valence-electron chi connectivity index (χ3n) is 5.17. The predicted octanol–water partition coefficient (Wildman–Crippen LogP) is 4.16. The van der Waals surface area contributed by atoms with Crippen molar-refractivity contribution < 1.29 is 4.79 Å². The van der Waals surface area contributed by atoms with Crippen LogP contribution in [0.15, 0.2) is 40.5 Å². The molecule has 21 heavy (non-hydrogen) atoms. The van der Waals surface area contributed by atoms with Crippen LogP contribution in [0.4, 0.5) is 0 Å². The number of carbonyl (C=O) groups is 1. The number of Topliss-reactive ketones (excluding diaryl/α,β-unsaturated/α-hetero) is 1. The summed E-state index contributed by atoms with van der Waals surface area (Å²) in [5, 5.41) is 0. The van der Waals surface area contributed by atoms with E-state index in [9.17, 15) is 4.79 Å². The molecule has 0 spiro atoms. The molecule has 2 aliphatic rings. The molecule has 0 saturated carbocycles. The van der Waals surface area contributed by atoms with E-state index in [2.05, 4.69) is 68.0 Å². The summed E-state index contributed by atoms with van der Waals surface area (Å²) in [6.07, 6.45) is 5.76. The second kappa shape index (κ2) is 6.61. The number of halogens is 1. The fraction of sp³-hybridized carbons (Fsp3) is 0.500. The first-order chi connectivity index (χ1) is 10.2. The van der Waals surface area contributed by atoms with Crippen molar-refractivity contribution in [1.29, 1.82) is 0 Å². The number of hydrogen-bond acceptors (Lipinski definition) is 2. The van der Waals surface area contributed by atoms with Crippen LogP contribution in [0.1, 0.15) is 37.7 Å². The quantitative estimate of drug-likeness (QED) is 0.714. The molecule has 0 aromatic heterocycles. The molecule has 112 valence electrons. The molecule has 3 heteroatoms. The van der Waals surface area contributed by atoms with Gasteiger partial charge in [0.15, 0.2) is 0 Å². The van der Waals surface area contributed by atoms with E-state index in [4.69, 9.17) is 0 Å². The second-order valence-corrected chi connectivity index (χ2v) is 6.97. The zero-order chi connectivity index (χ0) is 14.8. The Morgan fingerprint density at radius 2 is 2.10 bits per heavy atom. The van der Waals surface area contributed by atoms with Crippen LogP contribution in [-0.4, -0.2) is 29.3 Å². The Hall–Kier alpha value is -0.680. The average Bonchev–Trinajstić information content (AvgIpc) is 2.76. The van der Waals surface area contributed by atoms with Crippen molar-refractivity contribution in [3.63, 3.8) is 0 Å². The molecular formula is C18H22INO. The normalized spacial score (nSPS) is 32.7. The third-order valence-corrected chi connectivity index (χ3v) is 5.68. The lowest BCUT2D eigenvalue weighted by molar-refractivity contribution is -0.125. The Kier molecular flexibility index (Phi) is 4.79. The molecule has 2 bridgehead atoms. The largest absolute Gasteiger partial charge is 0.300 e. The monoisotopic (exact) mass is 395 g/mol. The highest BCUT2D eigenvalue weighted by Gasteiger charge is 2.48. The highest BCUT2D eigenvalue weighted by atomic mass is 127. The Morgan fingerprint density at radius 1 is 1.33 bits per heavy atom. The lowest BCUT2D eigenvalue weighted by Crippen LogP contribution is -2.50. The molecule has 2 nitrogen and oxygen atoms in total. The van der Waals surface area contributed by atoms with Gasteiger partial charge in [-0.2, -0.15) is 0 Å². The minimum Gasteiger partial charge on any atom is -0.300 e. The van der Waals surface area contributed by atoms with Gasteiger partial charge < -0.3 is 0 Å². The molecule has 0 radical (unpaired) electrons.